The molecular formula is C24H29N5O4. The highest BCUT2D eigenvalue weighted by Crippen LogP contribution is 2.27. The first-order valence-corrected chi connectivity index (χ1v) is 11.2. The number of aryl methyl sites for hydroxylation is 2. The van der Waals surface area contributed by atoms with Gasteiger partial charge in [0.1, 0.15) is 24.1 Å². The lowest BCUT2D eigenvalue weighted by Gasteiger charge is -2.10. The highest BCUT2D eigenvalue weighted by atomic mass is 16.5. The first-order valence-electron chi connectivity index (χ1n) is 11.2. The zero-order chi connectivity index (χ0) is 23.2. The van der Waals surface area contributed by atoms with Gasteiger partial charge in [-0.25, -0.2) is 4.98 Å². The maximum absolute atomic E-state index is 13.4. The quantitative estimate of drug-likeness (QED) is 0.440. The molecule has 1 aliphatic carbocycles. The van der Waals surface area contributed by atoms with Crippen LogP contribution in [0.1, 0.15) is 32.6 Å². The predicted molar refractivity (Wildman–Crippen MR) is 124 cm³/mol. The summed E-state index contributed by atoms with van der Waals surface area (Å²) in [6.45, 7) is 3.20. The number of nitrogens with zero attached hydrogens (tertiary/aromatic N) is 5. The van der Waals surface area contributed by atoms with Gasteiger partial charge in [0.2, 0.25) is 0 Å². The molecule has 3 aromatic heterocycles. The fourth-order valence-corrected chi connectivity index (χ4v) is 3.92. The van der Waals surface area contributed by atoms with Gasteiger partial charge in [-0.1, -0.05) is 18.2 Å². The van der Waals surface area contributed by atoms with Crippen LogP contribution in [0.4, 0.5) is 0 Å². The molecule has 33 heavy (non-hydrogen) atoms. The second-order valence-electron chi connectivity index (χ2n) is 8.00. The summed E-state index contributed by atoms with van der Waals surface area (Å²) >= 11 is 0. The van der Waals surface area contributed by atoms with Gasteiger partial charge in [0.15, 0.2) is 0 Å². The number of esters is 1. The molecule has 9 nitrogen and oxygen atoms in total. The molecule has 3 aromatic rings. The van der Waals surface area contributed by atoms with Gasteiger partial charge in [-0.3, -0.25) is 18.8 Å². The Hall–Kier alpha value is -3.46. The summed E-state index contributed by atoms with van der Waals surface area (Å²) in [7, 11) is 1.84. The fraction of sp³-hybridized carbons (Fsp3) is 0.417. The van der Waals surface area contributed by atoms with E-state index < -0.39 is 0 Å². The second-order valence-corrected chi connectivity index (χ2v) is 8.00. The van der Waals surface area contributed by atoms with Gasteiger partial charge in [0, 0.05) is 43.5 Å². The number of hydrogen-bond donors (Lipinski definition) is 0. The molecule has 0 bridgehead atoms. The summed E-state index contributed by atoms with van der Waals surface area (Å²) < 4.78 is 15.9. The Balaban J connectivity index is 1.60. The van der Waals surface area contributed by atoms with Crippen LogP contribution in [-0.2, 0) is 34.6 Å². The van der Waals surface area contributed by atoms with Crippen molar-refractivity contribution in [3.05, 3.63) is 59.1 Å². The Labute approximate surface area is 191 Å². The number of hydrogen-bond acceptors (Lipinski definition) is 6. The van der Waals surface area contributed by atoms with Gasteiger partial charge in [-0.05, 0) is 31.8 Å². The van der Waals surface area contributed by atoms with Crippen molar-refractivity contribution in [2.24, 2.45) is 7.05 Å². The van der Waals surface area contributed by atoms with Crippen LogP contribution in [0.3, 0.4) is 0 Å². The first kappa shape index (κ1) is 22.7. The Kier molecular flexibility index (Phi) is 7.19. The van der Waals surface area contributed by atoms with E-state index in [1.54, 1.807) is 17.8 Å². The minimum absolute atomic E-state index is 0.114. The number of carbonyl (C=O) groups excluding carboxylic acids is 1. The second kappa shape index (κ2) is 10.4. The van der Waals surface area contributed by atoms with Crippen LogP contribution in [0.15, 0.2) is 53.5 Å². The highest BCUT2D eigenvalue weighted by molar-refractivity contribution is 5.92. The summed E-state index contributed by atoms with van der Waals surface area (Å²) in [5.74, 6) is -0.239. The first-order chi connectivity index (χ1) is 16.1. The molecule has 0 N–H and O–H groups in total. The summed E-state index contributed by atoms with van der Waals surface area (Å²) in [4.78, 5) is 29.7. The van der Waals surface area contributed by atoms with E-state index in [1.807, 2.05) is 24.0 Å². The van der Waals surface area contributed by atoms with Crippen LogP contribution in [0.2, 0.25) is 0 Å². The van der Waals surface area contributed by atoms with E-state index in [0.717, 1.165) is 29.5 Å². The van der Waals surface area contributed by atoms with Crippen LogP contribution >= 0.6 is 0 Å². The molecule has 4 rings (SSSR count). The van der Waals surface area contributed by atoms with Crippen molar-refractivity contribution in [2.75, 3.05) is 13.2 Å². The molecule has 0 amide bonds. The topological polar surface area (TPSA) is 93.2 Å². The van der Waals surface area contributed by atoms with E-state index in [0.29, 0.717) is 37.2 Å². The lowest BCUT2D eigenvalue weighted by molar-refractivity contribution is -0.143. The number of rotatable bonds is 10. The predicted octanol–water partition coefficient (Wildman–Crippen LogP) is 3.19. The van der Waals surface area contributed by atoms with Crippen LogP contribution in [0, 0.1) is 0 Å². The van der Waals surface area contributed by atoms with Crippen LogP contribution in [-0.4, -0.2) is 43.1 Å². The van der Waals surface area contributed by atoms with Crippen molar-refractivity contribution in [1.29, 1.82) is 0 Å². The zero-order valence-electron chi connectivity index (χ0n) is 19.1. The van der Waals surface area contributed by atoms with Gasteiger partial charge >= 0.3 is 5.97 Å². The SMILES string of the molecule is CCOC(=O)CCCn1cc(-c2cnn(C)c2)c2ncn(COCC3=CCCC=C3)c(=O)c21. The Morgan fingerprint density at radius 2 is 2.09 bits per heavy atom. The van der Waals surface area contributed by atoms with Gasteiger partial charge < -0.3 is 14.0 Å². The Bertz CT molecular complexity index is 1250. The third kappa shape index (κ3) is 5.31. The molecule has 0 fully saturated rings. The molecule has 0 aliphatic heterocycles. The lowest BCUT2D eigenvalue weighted by atomic mass is 10.1. The van der Waals surface area contributed by atoms with Crippen LogP contribution in [0.5, 0.6) is 0 Å². The number of fused-ring (bicyclic) bond motifs is 1. The molecule has 9 heteroatoms. The fourth-order valence-electron chi connectivity index (χ4n) is 3.92. The monoisotopic (exact) mass is 451 g/mol. The number of allylic oxidation sites excluding steroid dienone is 2. The van der Waals surface area contributed by atoms with E-state index in [9.17, 15) is 9.59 Å². The van der Waals surface area contributed by atoms with Gasteiger partial charge in [-0.15, -0.1) is 0 Å². The molecule has 0 radical (unpaired) electrons. The maximum Gasteiger partial charge on any atom is 0.305 e. The molecule has 0 atom stereocenters. The third-order valence-corrected chi connectivity index (χ3v) is 5.51. The number of aromatic nitrogens is 5. The molecular weight excluding hydrogens is 422 g/mol. The van der Waals surface area contributed by atoms with E-state index in [-0.39, 0.29) is 24.7 Å². The zero-order valence-corrected chi connectivity index (χ0v) is 19.1. The third-order valence-electron chi connectivity index (χ3n) is 5.51. The maximum atomic E-state index is 13.4. The molecule has 0 aromatic carbocycles. The van der Waals surface area contributed by atoms with Gasteiger partial charge in [0.05, 0.1) is 19.4 Å². The summed E-state index contributed by atoms with van der Waals surface area (Å²) in [5.41, 5.74) is 3.74. The lowest BCUT2D eigenvalue weighted by Crippen LogP contribution is -2.24. The van der Waals surface area contributed by atoms with Gasteiger partial charge in [0.25, 0.3) is 5.56 Å². The highest BCUT2D eigenvalue weighted by Gasteiger charge is 2.18. The molecule has 174 valence electrons. The molecule has 0 spiro atoms. The Morgan fingerprint density at radius 3 is 2.82 bits per heavy atom. The minimum Gasteiger partial charge on any atom is -0.466 e. The minimum atomic E-state index is -0.239. The van der Waals surface area contributed by atoms with Crippen molar-refractivity contribution in [2.45, 2.75) is 45.9 Å². The average Bonchev–Trinajstić information content (AvgIpc) is 3.40. The van der Waals surface area contributed by atoms with E-state index in [4.69, 9.17) is 9.47 Å². The van der Waals surface area contributed by atoms with Crippen molar-refractivity contribution in [3.8, 4) is 11.1 Å². The molecule has 0 saturated heterocycles. The van der Waals surface area contributed by atoms with Crippen molar-refractivity contribution < 1.29 is 14.3 Å². The number of ether oxygens (including phenoxy) is 2. The molecule has 3 heterocycles. The van der Waals surface area contributed by atoms with E-state index >= 15 is 0 Å². The molecule has 0 saturated carbocycles. The summed E-state index contributed by atoms with van der Waals surface area (Å²) in [6, 6.07) is 0. The number of carbonyl (C=O) groups is 1. The standard InChI is InChI=1S/C24H29N5O4/c1-3-33-21(30)10-7-11-28-14-20(19-12-26-27(2)13-19)22-23(28)24(31)29(16-25-22)17-32-15-18-8-5-4-6-9-18/h5,8-9,12-14,16H,3-4,6-7,10-11,15,17H2,1-2H3. The largest absolute Gasteiger partial charge is 0.466 e. The van der Waals surface area contributed by atoms with Crippen LogP contribution < -0.4 is 5.56 Å². The average molecular weight is 452 g/mol. The van der Waals surface area contributed by atoms with E-state index in [1.165, 1.54) is 10.9 Å². The molecule has 1 aliphatic rings. The van der Waals surface area contributed by atoms with E-state index in [2.05, 4.69) is 28.3 Å². The summed E-state index contributed by atoms with van der Waals surface area (Å²) in [6.07, 6.45) is 16.3. The van der Waals surface area contributed by atoms with Gasteiger partial charge in [-0.2, -0.15) is 5.10 Å². The molecule has 0 unspecified atom stereocenters. The van der Waals surface area contributed by atoms with Crippen molar-refractivity contribution in [3.63, 3.8) is 0 Å². The summed E-state index contributed by atoms with van der Waals surface area (Å²) in [5, 5.41) is 4.24. The van der Waals surface area contributed by atoms with Crippen molar-refractivity contribution >= 4 is 17.0 Å². The van der Waals surface area contributed by atoms with Crippen LogP contribution in [0.25, 0.3) is 22.2 Å². The Morgan fingerprint density at radius 1 is 1.21 bits per heavy atom. The normalized spacial score (nSPS) is 13.5. The smallest absolute Gasteiger partial charge is 0.305 e. The van der Waals surface area contributed by atoms with Crippen molar-refractivity contribution in [1.82, 2.24) is 23.9 Å².